The van der Waals surface area contributed by atoms with Gasteiger partial charge in [-0.3, -0.25) is 14.9 Å². The van der Waals surface area contributed by atoms with E-state index in [1.165, 1.54) is 30.6 Å². The fraction of sp³-hybridized carbons (Fsp3) is 0.217. The van der Waals surface area contributed by atoms with E-state index in [4.69, 9.17) is 9.15 Å². The fourth-order valence-corrected chi connectivity index (χ4v) is 4.62. The second-order valence-corrected chi connectivity index (χ2v) is 8.35. The van der Waals surface area contributed by atoms with Crippen molar-refractivity contribution in [1.29, 1.82) is 0 Å². The molecule has 32 heavy (non-hydrogen) atoms. The topological polar surface area (TPSA) is 103 Å². The number of carbonyl (C=O) groups excluding carboxylic acids is 2. The number of furan rings is 1. The van der Waals surface area contributed by atoms with Crippen LogP contribution in [0.2, 0.25) is 0 Å². The van der Waals surface area contributed by atoms with Gasteiger partial charge in [0.1, 0.15) is 22.9 Å². The molecule has 0 saturated heterocycles. The summed E-state index contributed by atoms with van der Waals surface area (Å²) in [5.74, 6) is -0.499. The van der Waals surface area contributed by atoms with Gasteiger partial charge in [0.2, 0.25) is 11.8 Å². The highest BCUT2D eigenvalue weighted by Gasteiger charge is 2.28. The number of para-hydroxylation sites is 1. The minimum absolute atomic E-state index is 0.0233. The largest absolute Gasteiger partial charge is 0.465 e. The van der Waals surface area contributed by atoms with Crippen LogP contribution in [0.4, 0.5) is 5.88 Å². The molecule has 1 aromatic carbocycles. The normalized spacial score (nSPS) is 11.0. The first kappa shape index (κ1) is 21.5. The number of hydrogen-bond acceptors (Lipinski definition) is 7. The molecule has 3 heterocycles. The van der Waals surface area contributed by atoms with Crippen LogP contribution in [-0.2, 0) is 16.1 Å². The summed E-state index contributed by atoms with van der Waals surface area (Å²) < 4.78 is 13.4. The van der Waals surface area contributed by atoms with E-state index in [2.05, 4.69) is 10.3 Å². The first-order chi connectivity index (χ1) is 15.3. The van der Waals surface area contributed by atoms with Crippen LogP contribution in [0, 0.1) is 20.8 Å². The molecule has 8 nitrogen and oxygen atoms in total. The van der Waals surface area contributed by atoms with Crippen molar-refractivity contribution in [1.82, 2.24) is 9.55 Å². The second kappa shape index (κ2) is 8.43. The van der Waals surface area contributed by atoms with E-state index in [0.29, 0.717) is 27.7 Å². The molecule has 1 N–H and O–H groups in total. The summed E-state index contributed by atoms with van der Waals surface area (Å²) in [6.45, 7) is 5.14. The molecule has 3 aromatic heterocycles. The number of thiazole rings is 1. The number of hydrogen-bond donors (Lipinski definition) is 1. The smallest absolute Gasteiger partial charge is 0.342 e. The highest BCUT2D eigenvalue weighted by molar-refractivity contribution is 7.21. The van der Waals surface area contributed by atoms with E-state index in [-0.39, 0.29) is 29.3 Å². The van der Waals surface area contributed by atoms with Crippen LogP contribution in [0.15, 0.2) is 45.6 Å². The van der Waals surface area contributed by atoms with E-state index in [1.54, 1.807) is 25.3 Å². The molecular formula is C23H21N3O5S. The molecule has 0 atom stereocenters. The Morgan fingerprint density at radius 3 is 2.50 bits per heavy atom. The van der Waals surface area contributed by atoms with E-state index in [9.17, 15) is 14.4 Å². The molecule has 0 bridgehead atoms. The van der Waals surface area contributed by atoms with Crippen molar-refractivity contribution in [2.24, 2.45) is 0 Å². The van der Waals surface area contributed by atoms with Gasteiger partial charge in [-0.05, 0) is 32.9 Å². The third kappa shape index (κ3) is 3.94. The number of carbonyl (C=O) groups is 2. The molecular weight excluding hydrogens is 430 g/mol. The summed E-state index contributed by atoms with van der Waals surface area (Å²) in [5, 5.41) is 3.30. The van der Waals surface area contributed by atoms with Crippen molar-refractivity contribution in [2.45, 2.75) is 27.3 Å². The number of rotatable bonds is 5. The van der Waals surface area contributed by atoms with Gasteiger partial charge >= 0.3 is 5.97 Å². The summed E-state index contributed by atoms with van der Waals surface area (Å²) in [6.07, 6.45) is 0. The van der Waals surface area contributed by atoms with E-state index in [1.807, 2.05) is 24.3 Å². The van der Waals surface area contributed by atoms with Gasteiger partial charge in [0.25, 0.3) is 0 Å². The quantitative estimate of drug-likeness (QED) is 0.459. The Bertz CT molecular complexity index is 1350. The molecule has 164 valence electrons. The molecule has 0 fully saturated rings. The molecule has 0 radical (unpaired) electrons. The predicted octanol–water partition coefficient (Wildman–Crippen LogP) is 4.07. The molecule has 0 saturated carbocycles. The number of aromatic nitrogens is 2. The van der Waals surface area contributed by atoms with Gasteiger partial charge < -0.3 is 13.7 Å². The van der Waals surface area contributed by atoms with E-state index in [0.717, 1.165) is 10.2 Å². The molecule has 0 unspecified atom stereocenters. The number of benzene rings is 1. The monoisotopic (exact) mass is 451 g/mol. The maximum Gasteiger partial charge on any atom is 0.342 e. The van der Waals surface area contributed by atoms with Gasteiger partial charge in [-0.15, -0.1) is 11.3 Å². The maximum atomic E-state index is 12.9. The SMILES string of the molecule is COC(=O)c1c(C)oc(NC(=O)Cn2c(C)cc(=O)cc2C)c1-c1nc2ccccc2s1. The first-order valence-electron chi connectivity index (χ1n) is 9.84. The standard InChI is InChI=1S/C23H21N3O5S/c1-12-9-15(27)10-13(2)26(12)11-18(28)25-21-20(19(14(3)31-21)23(29)30-4)22-24-16-7-5-6-8-17(16)32-22/h5-10H,11H2,1-4H3,(H,25,28). The Balaban J connectivity index is 1.75. The summed E-state index contributed by atoms with van der Waals surface area (Å²) in [5.41, 5.74) is 2.61. The van der Waals surface area contributed by atoms with Crippen molar-refractivity contribution < 1.29 is 18.7 Å². The zero-order valence-corrected chi connectivity index (χ0v) is 18.8. The van der Waals surface area contributed by atoms with Crippen molar-refractivity contribution in [3.05, 3.63) is 69.3 Å². The lowest BCUT2D eigenvalue weighted by Gasteiger charge is -2.13. The molecule has 4 rings (SSSR count). The van der Waals surface area contributed by atoms with Gasteiger partial charge in [0.05, 0.1) is 22.9 Å². The maximum absolute atomic E-state index is 12.9. The van der Waals surface area contributed by atoms with Crippen LogP contribution >= 0.6 is 11.3 Å². The minimum Gasteiger partial charge on any atom is -0.465 e. The van der Waals surface area contributed by atoms with Crippen molar-refractivity contribution >= 4 is 39.3 Å². The summed E-state index contributed by atoms with van der Waals surface area (Å²) in [4.78, 5) is 41.7. The number of anilines is 1. The lowest BCUT2D eigenvalue weighted by molar-refractivity contribution is -0.116. The lowest BCUT2D eigenvalue weighted by Crippen LogP contribution is -2.23. The minimum atomic E-state index is -0.576. The Hall–Kier alpha value is -3.72. The van der Waals surface area contributed by atoms with Crippen LogP contribution in [0.1, 0.15) is 27.5 Å². The number of nitrogens with one attached hydrogen (secondary N) is 1. The lowest BCUT2D eigenvalue weighted by atomic mass is 10.1. The second-order valence-electron chi connectivity index (χ2n) is 7.32. The molecule has 4 aromatic rings. The molecule has 0 spiro atoms. The number of esters is 1. The summed E-state index contributed by atoms with van der Waals surface area (Å²) in [6, 6.07) is 10.5. The number of pyridine rings is 1. The zero-order chi connectivity index (χ0) is 23.0. The van der Waals surface area contributed by atoms with Gasteiger partial charge in [0, 0.05) is 23.5 Å². The summed E-state index contributed by atoms with van der Waals surface area (Å²) >= 11 is 1.39. The average molecular weight is 452 g/mol. The average Bonchev–Trinajstić information content (AvgIpc) is 3.30. The number of ether oxygens (including phenoxy) is 1. The number of methoxy groups -OCH3 is 1. The number of amides is 1. The van der Waals surface area contributed by atoms with E-state index >= 15 is 0 Å². The number of fused-ring (bicyclic) bond motifs is 1. The zero-order valence-electron chi connectivity index (χ0n) is 18.0. The number of nitrogens with zero attached hydrogens (tertiary/aromatic N) is 2. The third-order valence-corrected chi connectivity index (χ3v) is 6.14. The third-order valence-electron chi connectivity index (χ3n) is 5.09. The molecule has 1 amide bonds. The van der Waals surface area contributed by atoms with Crippen LogP contribution in [0.3, 0.4) is 0 Å². The molecule has 0 aliphatic rings. The van der Waals surface area contributed by atoms with Crippen LogP contribution < -0.4 is 10.7 Å². The van der Waals surface area contributed by atoms with Gasteiger partial charge in [-0.2, -0.15) is 0 Å². The van der Waals surface area contributed by atoms with Crippen LogP contribution in [-0.4, -0.2) is 28.5 Å². The van der Waals surface area contributed by atoms with Gasteiger partial charge in [-0.25, -0.2) is 9.78 Å². The van der Waals surface area contributed by atoms with Crippen LogP contribution in [0.25, 0.3) is 20.8 Å². The first-order valence-corrected chi connectivity index (χ1v) is 10.7. The number of aryl methyl sites for hydroxylation is 3. The summed E-state index contributed by atoms with van der Waals surface area (Å²) in [7, 11) is 1.29. The van der Waals surface area contributed by atoms with Crippen LogP contribution in [0.5, 0.6) is 0 Å². The Labute approximate surface area is 187 Å². The highest BCUT2D eigenvalue weighted by Crippen LogP contribution is 2.40. The van der Waals surface area contributed by atoms with Crippen molar-refractivity contribution in [2.75, 3.05) is 12.4 Å². The Morgan fingerprint density at radius 1 is 1.16 bits per heavy atom. The highest BCUT2D eigenvalue weighted by atomic mass is 32.1. The Morgan fingerprint density at radius 2 is 1.84 bits per heavy atom. The van der Waals surface area contributed by atoms with E-state index < -0.39 is 5.97 Å². The Kier molecular flexibility index (Phi) is 5.67. The predicted molar refractivity (Wildman–Crippen MR) is 122 cm³/mol. The molecule has 0 aliphatic heterocycles. The molecule has 0 aliphatic carbocycles. The molecule has 9 heteroatoms. The van der Waals surface area contributed by atoms with Crippen molar-refractivity contribution in [3.8, 4) is 10.6 Å². The fourth-order valence-electron chi connectivity index (χ4n) is 3.61. The van der Waals surface area contributed by atoms with Gasteiger partial charge in [-0.1, -0.05) is 12.1 Å². The van der Waals surface area contributed by atoms with Gasteiger partial charge in [0.15, 0.2) is 5.43 Å². The van der Waals surface area contributed by atoms with Crippen molar-refractivity contribution in [3.63, 3.8) is 0 Å².